The molecule has 2 atom stereocenters. The second-order valence-electron chi connectivity index (χ2n) is 4.89. The minimum absolute atomic E-state index is 0.207. The normalized spacial score (nSPS) is 14.7. The van der Waals surface area contributed by atoms with Crippen LogP contribution in [0.2, 0.25) is 0 Å². The van der Waals surface area contributed by atoms with E-state index in [2.05, 4.69) is 16.5 Å². The number of benzene rings is 1. The lowest BCUT2D eigenvalue weighted by molar-refractivity contribution is 0.167. The van der Waals surface area contributed by atoms with E-state index in [0.717, 1.165) is 17.5 Å². The van der Waals surface area contributed by atoms with Gasteiger partial charge in [0.05, 0.1) is 11.0 Å². The maximum atomic E-state index is 9.90. The van der Waals surface area contributed by atoms with Crippen LogP contribution < -0.4 is 5.73 Å². The van der Waals surface area contributed by atoms with Crippen LogP contribution in [0.1, 0.15) is 38.2 Å². The van der Waals surface area contributed by atoms with Crippen LogP contribution in [0.15, 0.2) is 18.2 Å². The third-order valence-corrected chi connectivity index (χ3v) is 3.30. The molecular formula is C14H21N3O2. The van der Waals surface area contributed by atoms with E-state index in [1.165, 1.54) is 0 Å². The first kappa shape index (κ1) is 13.8. The van der Waals surface area contributed by atoms with Crippen LogP contribution in [0.25, 0.3) is 11.0 Å². The van der Waals surface area contributed by atoms with Gasteiger partial charge in [0, 0.05) is 25.4 Å². The zero-order chi connectivity index (χ0) is 14.0. The molecular weight excluding hydrogens is 242 g/mol. The van der Waals surface area contributed by atoms with Gasteiger partial charge in [0.1, 0.15) is 11.9 Å². The van der Waals surface area contributed by atoms with E-state index in [4.69, 9.17) is 10.5 Å². The average molecular weight is 263 g/mol. The average Bonchev–Trinajstić information content (AvgIpc) is 2.74. The number of hydrogen-bond donors (Lipinski definition) is 2. The predicted octanol–water partition coefficient (Wildman–Crippen LogP) is 2.27. The molecule has 1 heterocycles. The standard InChI is InChI=1S/C14H21N3O2/c1-9(6-7-19-3)17-13-5-4-11(15)8-12(13)16-14(17)10(2)18/h4-5,8-10,18H,6-7,15H2,1-3H3. The molecule has 2 aromatic rings. The first-order chi connectivity index (χ1) is 9.04. The van der Waals surface area contributed by atoms with Crippen molar-refractivity contribution in [3.8, 4) is 0 Å². The van der Waals surface area contributed by atoms with E-state index in [0.29, 0.717) is 18.1 Å². The Bertz CT molecular complexity index is 563. The number of aliphatic hydroxyl groups is 1. The van der Waals surface area contributed by atoms with Gasteiger partial charge in [-0.1, -0.05) is 0 Å². The van der Waals surface area contributed by atoms with Gasteiger partial charge in [0.2, 0.25) is 0 Å². The molecule has 2 rings (SSSR count). The number of hydrogen-bond acceptors (Lipinski definition) is 4. The molecule has 1 aromatic carbocycles. The third kappa shape index (κ3) is 2.72. The molecule has 0 radical (unpaired) electrons. The highest BCUT2D eigenvalue weighted by Gasteiger charge is 2.18. The minimum Gasteiger partial charge on any atom is -0.399 e. The molecule has 0 fully saturated rings. The molecule has 0 saturated carbocycles. The topological polar surface area (TPSA) is 73.3 Å². The molecule has 2 unspecified atom stereocenters. The number of aromatic nitrogens is 2. The van der Waals surface area contributed by atoms with Gasteiger partial charge < -0.3 is 20.1 Å². The van der Waals surface area contributed by atoms with Crippen molar-refractivity contribution in [1.82, 2.24) is 9.55 Å². The Morgan fingerprint density at radius 2 is 2.16 bits per heavy atom. The van der Waals surface area contributed by atoms with Crippen molar-refractivity contribution in [2.45, 2.75) is 32.4 Å². The van der Waals surface area contributed by atoms with Crippen molar-refractivity contribution in [3.63, 3.8) is 0 Å². The third-order valence-electron chi connectivity index (χ3n) is 3.30. The van der Waals surface area contributed by atoms with Crippen LogP contribution in [0.4, 0.5) is 5.69 Å². The van der Waals surface area contributed by atoms with Crippen LogP contribution in [-0.2, 0) is 4.74 Å². The van der Waals surface area contributed by atoms with E-state index in [9.17, 15) is 5.11 Å². The van der Waals surface area contributed by atoms with E-state index >= 15 is 0 Å². The molecule has 19 heavy (non-hydrogen) atoms. The largest absolute Gasteiger partial charge is 0.399 e. The summed E-state index contributed by atoms with van der Waals surface area (Å²) in [5.74, 6) is 0.671. The van der Waals surface area contributed by atoms with Crippen molar-refractivity contribution in [2.24, 2.45) is 0 Å². The van der Waals surface area contributed by atoms with Crippen molar-refractivity contribution in [1.29, 1.82) is 0 Å². The van der Waals surface area contributed by atoms with E-state index in [1.807, 2.05) is 18.2 Å². The second kappa shape index (κ2) is 5.59. The van der Waals surface area contributed by atoms with Crippen LogP contribution in [0.5, 0.6) is 0 Å². The fourth-order valence-corrected chi connectivity index (χ4v) is 2.31. The SMILES string of the molecule is COCCC(C)n1c(C(C)O)nc2cc(N)ccc21. The summed E-state index contributed by atoms with van der Waals surface area (Å²) in [4.78, 5) is 4.49. The lowest BCUT2D eigenvalue weighted by Crippen LogP contribution is -2.13. The number of aliphatic hydroxyl groups excluding tert-OH is 1. The van der Waals surface area contributed by atoms with Gasteiger partial charge >= 0.3 is 0 Å². The molecule has 0 amide bonds. The number of fused-ring (bicyclic) bond motifs is 1. The number of anilines is 1. The number of methoxy groups -OCH3 is 1. The maximum Gasteiger partial charge on any atom is 0.138 e. The molecule has 5 nitrogen and oxygen atoms in total. The Morgan fingerprint density at radius 3 is 2.79 bits per heavy atom. The van der Waals surface area contributed by atoms with Gasteiger partial charge in [-0.15, -0.1) is 0 Å². The number of nitrogens with two attached hydrogens (primary N) is 1. The molecule has 3 N–H and O–H groups in total. The number of imidazole rings is 1. The van der Waals surface area contributed by atoms with Gasteiger partial charge in [-0.25, -0.2) is 4.98 Å². The summed E-state index contributed by atoms with van der Waals surface area (Å²) >= 11 is 0. The fraction of sp³-hybridized carbons (Fsp3) is 0.500. The number of nitrogen functional groups attached to an aromatic ring is 1. The lowest BCUT2D eigenvalue weighted by atomic mass is 10.2. The Morgan fingerprint density at radius 1 is 1.42 bits per heavy atom. The molecule has 0 aliphatic carbocycles. The summed E-state index contributed by atoms with van der Waals surface area (Å²) in [7, 11) is 1.69. The van der Waals surface area contributed by atoms with Gasteiger partial charge in [-0.3, -0.25) is 0 Å². The summed E-state index contributed by atoms with van der Waals surface area (Å²) in [6.07, 6.45) is 0.255. The highest BCUT2D eigenvalue weighted by molar-refractivity contribution is 5.79. The molecule has 1 aromatic heterocycles. The quantitative estimate of drug-likeness (QED) is 0.812. The molecule has 104 valence electrons. The molecule has 0 spiro atoms. The lowest BCUT2D eigenvalue weighted by Gasteiger charge is -2.18. The number of rotatable bonds is 5. The van der Waals surface area contributed by atoms with E-state index in [-0.39, 0.29) is 6.04 Å². The molecule has 5 heteroatoms. The maximum absolute atomic E-state index is 9.90. The van der Waals surface area contributed by atoms with Crippen LogP contribution in [0, 0.1) is 0 Å². The van der Waals surface area contributed by atoms with Gasteiger partial charge in [-0.05, 0) is 38.5 Å². The Balaban J connectivity index is 2.51. The second-order valence-corrected chi connectivity index (χ2v) is 4.89. The summed E-state index contributed by atoms with van der Waals surface area (Å²) in [6, 6.07) is 5.85. The highest BCUT2D eigenvalue weighted by Crippen LogP contribution is 2.27. The first-order valence-corrected chi connectivity index (χ1v) is 6.49. The molecule has 0 aliphatic heterocycles. The highest BCUT2D eigenvalue weighted by atomic mass is 16.5. The van der Waals surface area contributed by atoms with Crippen LogP contribution in [-0.4, -0.2) is 28.4 Å². The summed E-state index contributed by atoms with van der Waals surface area (Å²) < 4.78 is 7.19. The summed E-state index contributed by atoms with van der Waals surface area (Å²) in [6.45, 7) is 4.50. The Kier molecular flexibility index (Phi) is 4.07. The predicted molar refractivity (Wildman–Crippen MR) is 76.0 cm³/mol. The van der Waals surface area contributed by atoms with Gasteiger partial charge in [0.15, 0.2) is 0 Å². The molecule has 0 saturated heterocycles. The smallest absolute Gasteiger partial charge is 0.138 e. The minimum atomic E-state index is -0.612. The first-order valence-electron chi connectivity index (χ1n) is 6.49. The zero-order valence-corrected chi connectivity index (χ0v) is 11.6. The Labute approximate surface area is 113 Å². The van der Waals surface area contributed by atoms with Crippen molar-refractivity contribution in [2.75, 3.05) is 19.5 Å². The van der Waals surface area contributed by atoms with E-state index in [1.54, 1.807) is 14.0 Å². The number of ether oxygens (including phenoxy) is 1. The monoisotopic (exact) mass is 263 g/mol. The zero-order valence-electron chi connectivity index (χ0n) is 11.6. The number of nitrogens with zero attached hydrogens (tertiary/aromatic N) is 2. The molecule has 0 aliphatic rings. The van der Waals surface area contributed by atoms with Crippen molar-refractivity contribution in [3.05, 3.63) is 24.0 Å². The van der Waals surface area contributed by atoms with E-state index < -0.39 is 6.10 Å². The van der Waals surface area contributed by atoms with Gasteiger partial charge in [0.25, 0.3) is 0 Å². The van der Waals surface area contributed by atoms with Crippen molar-refractivity contribution < 1.29 is 9.84 Å². The molecule has 0 bridgehead atoms. The summed E-state index contributed by atoms with van der Waals surface area (Å²) in [5, 5.41) is 9.90. The summed E-state index contributed by atoms with van der Waals surface area (Å²) in [5.41, 5.74) is 8.28. The van der Waals surface area contributed by atoms with Gasteiger partial charge in [-0.2, -0.15) is 0 Å². The van der Waals surface area contributed by atoms with Crippen molar-refractivity contribution >= 4 is 16.7 Å². The Hall–Kier alpha value is -1.59. The van der Waals surface area contributed by atoms with Crippen LogP contribution in [0.3, 0.4) is 0 Å². The fourth-order valence-electron chi connectivity index (χ4n) is 2.31. The van der Waals surface area contributed by atoms with Crippen LogP contribution >= 0.6 is 0 Å².